The van der Waals surface area contributed by atoms with Gasteiger partial charge in [0.15, 0.2) is 0 Å². The predicted octanol–water partition coefficient (Wildman–Crippen LogP) is 5.61. The number of piperidine rings is 1. The highest BCUT2D eigenvalue weighted by Gasteiger charge is 2.39. The Bertz CT molecular complexity index is 2370. The molecule has 0 bridgehead atoms. The van der Waals surface area contributed by atoms with Gasteiger partial charge in [0, 0.05) is 91.5 Å². The topological polar surface area (TPSA) is 132 Å². The Morgan fingerprint density at radius 3 is 2.61 bits per heavy atom. The number of halogens is 2. The summed E-state index contributed by atoms with van der Waals surface area (Å²) in [6.07, 6.45) is 2.12. The Labute approximate surface area is 322 Å². The Morgan fingerprint density at radius 2 is 1.82 bits per heavy atom. The molecule has 56 heavy (non-hydrogen) atoms. The fourth-order valence-electron chi connectivity index (χ4n) is 8.01. The lowest BCUT2D eigenvalue weighted by Gasteiger charge is -2.34. The van der Waals surface area contributed by atoms with Crippen LogP contribution in [0.4, 0.5) is 25.8 Å². The number of imide groups is 1. The van der Waals surface area contributed by atoms with Gasteiger partial charge in [0.05, 0.1) is 0 Å². The fraction of sp³-hybridized carbons (Fsp3) is 0.302. The molecule has 11 nitrogen and oxygen atoms in total. The van der Waals surface area contributed by atoms with Gasteiger partial charge in [-0.05, 0) is 90.4 Å². The molecular formula is C43H38F2N6O5. The summed E-state index contributed by atoms with van der Waals surface area (Å²) in [4.78, 5) is 71.9. The molecule has 0 spiro atoms. The number of carbonyl (C=O) groups excluding carboxylic acids is 5. The van der Waals surface area contributed by atoms with Gasteiger partial charge in [0.1, 0.15) is 11.7 Å². The zero-order valence-corrected chi connectivity index (χ0v) is 30.7. The SMILES string of the molecule is CN1C(=O)CCc2ccc(N3CCCc4cc(-c5ccc(C(=O)NCCC#Cc6cccc7c6CN(C6CCC(=O)NC6=O)C7=O)nc5)c(C(F)F)cc43)cc21. The quantitative estimate of drug-likeness (QED) is 0.142. The smallest absolute Gasteiger partial charge is 0.269 e. The van der Waals surface area contributed by atoms with E-state index in [1.807, 2.05) is 23.1 Å². The van der Waals surface area contributed by atoms with Crippen LogP contribution >= 0.6 is 0 Å². The van der Waals surface area contributed by atoms with E-state index in [1.54, 1.807) is 48.3 Å². The molecule has 4 aliphatic heterocycles. The van der Waals surface area contributed by atoms with Crippen molar-refractivity contribution in [3.8, 4) is 23.0 Å². The van der Waals surface area contributed by atoms with E-state index in [0.717, 1.165) is 34.5 Å². The van der Waals surface area contributed by atoms with Crippen molar-refractivity contribution in [3.63, 3.8) is 0 Å². The first-order valence-corrected chi connectivity index (χ1v) is 18.7. The van der Waals surface area contributed by atoms with Crippen LogP contribution < -0.4 is 20.4 Å². The second-order valence-electron chi connectivity index (χ2n) is 14.4. The zero-order chi connectivity index (χ0) is 39.1. The minimum Gasteiger partial charge on any atom is -0.350 e. The van der Waals surface area contributed by atoms with Crippen molar-refractivity contribution in [3.05, 3.63) is 106 Å². The number of rotatable bonds is 7. The normalized spacial score (nSPS) is 17.6. The molecule has 1 unspecified atom stereocenters. The summed E-state index contributed by atoms with van der Waals surface area (Å²) in [5.74, 6) is 4.64. The molecule has 1 saturated heterocycles. The molecule has 1 atom stereocenters. The molecule has 13 heteroatoms. The van der Waals surface area contributed by atoms with Crippen molar-refractivity contribution >= 4 is 46.6 Å². The minimum absolute atomic E-state index is 0.0515. The number of fused-ring (bicyclic) bond motifs is 3. The van der Waals surface area contributed by atoms with Crippen LogP contribution in [0.3, 0.4) is 0 Å². The van der Waals surface area contributed by atoms with Crippen molar-refractivity contribution in [2.75, 3.05) is 29.9 Å². The van der Waals surface area contributed by atoms with E-state index in [-0.39, 0.29) is 54.9 Å². The number of alkyl halides is 2. The highest BCUT2D eigenvalue weighted by molar-refractivity contribution is 6.05. The molecule has 8 rings (SSSR count). The van der Waals surface area contributed by atoms with Crippen molar-refractivity contribution < 1.29 is 32.8 Å². The number of nitrogens with zero attached hydrogens (tertiary/aromatic N) is 4. The summed E-state index contributed by atoms with van der Waals surface area (Å²) >= 11 is 0. The van der Waals surface area contributed by atoms with Crippen LogP contribution in [0.2, 0.25) is 0 Å². The summed E-state index contributed by atoms with van der Waals surface area (Å²) in [7, 11) is 1.76. The lowest BCUT2D eigenvalue weighted by Crippen LogP contribution is -2.52. The predicted molar refractivity (Wildman–Crippen MR) is 204 cm³/mol. The number of carbonyl (C=O) groups is 5. The molecular weight excluding hydrogens is 719 g/mol. The second-order valence-corrected chi connectivity index (χ2v) is 14.4. The summed E-state index contributed by atoms with van der Waals surface area (Å²) in [5.41, 5.74) is 7.10. The Morgan fingerprint density at radius 1 is 0.964 bits per heavy atom. The van der Waals surface area contributed by atoms with Crippen LogP contribution in [0.15, 0.2) is 66.9 Å². The highest BCUT2D eigenvalue weighted by atomic mass is 19.3. The molecule has 1 aromatic heterocycles. The first-order valence-electron chi connectivity index (χ1n) is 18.7. The molecule has 0 saturated carbocycles. The average Bonchev–Trinajstić information content (AvgIpc) is 3.54. The van der Waals surface area contributed by atoms with Gasteiger partial charge in [-0.25, -0.2) is 8.78 Å². The number of hydrogen-bond donors (Lipinski definition) is 2. The molecule has 3 aromatic carbocycles. The maximum atomic E-state index is 14.7. The first kappa shape index (κ1) is 36.6. The summed E-state index contributed by atoms with van der Waals surface area (Å²) in [6.45, 7) is 1.09. The van der Waals surface area contributed by atoms with E-state index < -0.39 is 24.3 Å². The van der Waals surface area contributed by atoms with Gasteiger partial charge in [0.2, 0.25) is 17.7 Å². The Balaban J connectivity index is 0.924. The molecule has 2 N–H and O–H groups in total. The third-order valence-electron chi connectivity index (χ3n) is 11.0. The van der Waals surface area contributed by atoms with Crippen LogP contribution in [0, 0.1) is 11.8 Å². The molecule has 0 radical (unpaired) electrons. The summed E-state index contributed by atoms with van der Waals surface area (Å²) < 4.78 is 29.3. The van der Waals surface area contributed by atoms with Crippen molar-refractivity contribution in [1.29, 1.82) is 0 Å². The van der Waals surface area contributed by atoms with E-state index in [4.69, 9.17) is 0 Å². The van der Waals surface area contributed by atoms with Crippen LogP contribution in [0.25, 0.3) is 11.1 Å². The third-order valence-corrected chi connectivity index (χ3v) is 11.0. The molecule has 1 fully saturated rings. The molecule has 4 aromatic rings. The van der Waals surface area contributed by atoms with E-state index in [9.17, 15) is 32.8 Å². The van der Waals surface area contributed by atoms with Crippen LogP contribution in [0.1, 0.15) is 87.2 Å². The Kier molecular flexibility index (Phi) is 9.80. The van der Waals surface area contributed by atoms with Gasteiger partial charge >= 0.3 is 0 Å². The van der Waals surface area contributed by atoms with Gasteiger partial charge in [-0.15, -0.1) is 0 Å². The molecule has 0 aliphatic carbocycles. The number of anilines is 3. The maximum Gasteiger partial charge on any atom is 0.269 e. The van der Waals surface area contributed by atoms with Crippen LogP contribution in [-0.2, 0) is 33.8 Å². The molecule has 5 heterocycles. The number of pyridine rings is 1. The van der Waals surface area contributed by atoms with E-state index in [1.165, 1.54) is 17.2 Å². The van der Waals surface area contributed by atoms with Gasteiger partial charge in [-0.3, -0.25) is 34.3 Å². The standard InChI is InChI=1S/C43H38F2N6O5/c1-49-36-21-29(13-10-26(36)12-17-39(49)53)50-19-5-8-27-20-31(32(40(44)45)22-37(27)50)28-11-14-34(47-23-28)41(54)46-18-3-2-6-25-7-4-9-30-33(25)24-51(43(30)56)35-15-16-38(52)48-42(35)55/h4,7,9-11,13-14,20-23,35,40H,3,5,8,12,15-19,24H2,1H3,(H,46,54)(H,48,52,55). The molecule has 5 amide bonds. The number of amides is 5. The fourth-order valence-corrected chi connectivity index (χ4v) is 8.01. The lowest BCUT2D eigenvalue weighted by molar-refractivity contribution is -0.137. The van der Waals surface area contributed by atoms with Crippen molar-refractivity contribution in [2.45, 2.75) is 64.0 Å². The number of aromatic nitrogens is 1. The zero-order valence-electron chi connectivity index (χ0n) is 30.7. The van der Waals surface area contributed by atoms with Gasteiger partial charge in [-0.1, -0.05) is 30.0 Å². The molecule has 284 valence electrons. The van der Waals surface area contributed by atoms with E-state index in [0.29, 0.717) is 60.2 Å². The first-order chi connectivity index (χ1) is 27.1. The van der Waals surface area contributed by atoms with Crippen molar-refractivity contribution in [2.24, 2.45) is 0 Å². The largest absolute Gasteiger partial charge is 0.350 e. The summed E-state index contributed by atoms with van der Waals surface area (Å²) in [6, 6.07) is 17.0. The van der Waals surface area contributed by atoms with E-state index >= 15 is 0 Å². The number of aryl methyl sites for hydroxylation is 2. The average molecular weight is 757 g/mol. The number of benzene rings is 3. The van der Waals surface area contributed by atoms with Gasteiger partial charge < -0.3 is 20.0 Å². The molecule has 4 aliphatic rings. The second kappa shape index (κ2) is 15.0. The van der Waals surface area contributed by atoms with Gasteiger partial charge in [-0.2, -0.15) is 0 Å². The van der Waals surface area contributed by atoms with Gasteiger partial charge in [0.25, 0.3) is 18.2 Å². The minimum atomic E-state index is -2.75. The maximum absolute atomic E-state index is 14.7. The highest BCUT2D eigenvalue weighted by Crippen LogP contribution is 2.42. The summed E-state index contributed by atoms with van der Waals surface area (Å²) in [5, 5.41) is 5.09. The third kappa shape index (κ3) is 6.87. The van der Waals surface area contributed by atoms with E-state index in [2.05, 4.69) is 27.5 Å². The van der Waals surface area contributed by atoms with Crippen molar-refractivity contribution in [1.82, 2.24) is 20.5 Å². The lowest BCUT2D eigenvalue weighted by atomic mass is 9.92. The monoisotopic (exact) mass is 756 g/mol. The number of hydrogen-bond acceptors (Lipinski definition) is 7. The number of nitrogens with one attached hydrogen (secondary N) is 2. The van der Waals surface area contributed by atoms with Crippen LogP contribution in [-0.4, -0.2) is 65.6 Å². The Hall–Kier alpha value is -6.42. The van der Waals surface area contributed by atoms with Crippen LogP contribution in [0.5, 0.6) is 0 Å².